The summed E-state index contributed by atoms with van der Waals surface area (Å²) < 4.78 is 0. The number of benzene rings is 3. The standard InChI is InChI=1S/C25H25N3O/c1-28(2)17-16-26-25-22-11-7-6-10-21(22)23(18-12-14-20(29)15-13-18)24(27-25)19-8-4-3-5-9-19/h3-15,29H,16-17H2,1-2H3,(H,26,27). The van der Waals surface area contributed by atoms with Gasteiger partial charge in [0.05, 0.1) is 5.69 Å². The quantitative estimate of drug-likeness (QED) is 0.478. The lowest BCUT2D eigenvalue weighted by atomic mass is 9.93. The fraction of sp³-hybridized carbons (Fsp3) is 0.160. The number of rotatable bonds is 6. The zero-order valence-corrected chi connectivity index (χ0v) is 16.8. The third-order valence-electron chi connectivity index (χ3n) is 4.97. The second-order valence-corrected chi connectivity index (χ2v) is 7.37. The predicted molar refractivity (Wildman–Crippen MR) is 121 cm³/mol. The number of hydrogen-bond donors (Lipinski definition) is 2. The fourth-order valence-corrected chi connectivity index (χ4v) is 3.52. The van der Waals surface area contributed by atoms with Crippen molar-refractivity contribution < 1.29 is 5.11 Å². The monoisotopic (exact) mass is 383 g/mol. The summed E-state index contributed by atoms with van der Waals surface area (Å²) in [5.74, 6) is 1.15. The summed E-state index contributed by atoms with van der Waals surface area (Å²) in [6.45, 7) is 1.74. The number of hydrogen-bond acceptors (Lipinski definition) is 4. The first-order valence-electron chi connectivity index (χ1n) is 9.79. The summed E-state index contributed by atoms with van der Waals surface area (Å²) in [5.41, 5.74) is 4.11. The molecule has 0 aliphatic heterocycles. The van der Waals surface area contributed by atoms with Crippen LogP contribution in [0, 0.1) is 0 Å². The number of pyridine rings is 1. The molecule has 0 fully saturated rings. The minimum Gasteiger partial charge on any atom is -0.508 e. The maximum absolute atomic E-state index is 9.76. The van der Waals surface area contributed by atoms with E-state index in [1.165, 1.54) is 0 Å². The normalized spacial score (nSPS) is 11.1. The van der Waals surface area contributed by atoms with Crippen LogP contribution in [-0.4, -0.2) is 42.2 Å². The first-order valence-corrected chi connectivity index (χ1v) is 9.79. The Morgan fingerprint density at radius 3 is 2.14 bits per heavy atom. The number of aromatic hydroxyl groups is 1. The second-order valence-electron chi connectivity index (χ2n) is 7.37. The lowest BCUT2D eigenvalue weighted by molar-refractivity contribution is 0.425. The van der Waals surface area contributed by atoms with Crippen molar-refractivity contribution in [3.05, 3.63) is 78.9 Å². The molecule has 29 heavy (non-hydrogen) atoms. The maximum Gasteiger partial charge on any atom is 0.134 e. The van der Waals surface area contributed by atoms with Gasteiger partial charge >= 0.3 is 0 Å². The van der Waals surface area contributed by atoms with Gasteiger partial charge in [-0.1, -0.05) is 66.7 Å². The topological polar surface area (TPSA) is 48.4 Å². The van der Waals surface area contributed by atoms with E-state index in [1.54, 1.807) is 12.1 Å². The predicted octanol–water partition coefficient (Wildman–Crippen LogP) is 5.25. The molecule has 3 aromatic carbocycles. The molecule has 0 atom stereocenters. The molecule has 2 N–H and O–H groups in total. The molecular formula is C25H25N3O. The first kappa shape index (κ1) is 19.0. The summed E-state index contributed by atoms with van der Waals surface area (Å²) in [4.78, 5) is 7.23. The molecule has 0 spiro atoms. The Morgan fingerprint density at radius 1 is 0.793 bits per heavy atom. The van der Waals surface area contributed by atoms with Gasteiger partial charge in [0.1, 0.15) is 11.6 Å². The van der Waals surface area contributed by atoms with Crippen LogP contribution < -0.4 is 5.32 Å². The molecule has 0 unspecified atom stereocenters. The molecule has 4 nitrogen and oxygen atoms in total. The highest BCUT2D eigenvalue weighted by molar-refractivity contribution is 6.07. The van der Waals surface area contributed by atoms with Crippen LogP contribution in [0.3, 0.4) is 0 Å². The Bertz CT molecular complexity index is 1110. The average Bonchev–Trinajstić information content (AvgIpc) is 2.74. The molecule has 1 aromatic heterocycles. The number of phenolic OH excluding ortho intramolecular Hbond substituents is 1. The third-order valence-corrected chi connectivity index (χ3v) is 4.97. The Hall–Kier alpha value is -3.37. The second kappa shape index (κ2) is 8.33. The number of likely N-dealkylation sites (N-methyl/N-ethyl adjacent to an activating group) is 1. The van der Waals surface area contributed by atoms with Crippen molar-refractivity contribution in [3.8, 4) is 28.1 Å². The van der Waals surface area contributed by atoms with Crippen molar-refractivity contribution >= 4 is 16.6 Å². The van der Waals surface area contributed by atoms with Gasteiger partial charge in [0.25, 0.3) is 0 Å². The minimum atomic E-state index is 0.259. The van der Waals surface area contributed by atoms with Gasteiger partial charge in [-0.15, -0.1) is 0 Å². The van der Waals surface area contributed by atoms with Crippen LogP contribution in [0.5, 0.6) is 5.75 Å². The highest BCUT2D eigenvalue weighted by atomic mass is 16.3. The maximum atomic E-state index is 9.76. The molecule has 0 bridgehead atoms. The van der Waals surface area contributed by atoms with Gasteiger partial charge in [-0.05, 0) is 37.2 Å². The Balaban J connectivity index is 1.95. The van der Waals surface area contributed by atoms with E-state index in [0.29, 0.717) is 0 Å². The van der Waals surface area contributed by atoms with E-state index in [2.05, 4.69) is 54.6 Å². The van der Waals surface area contributed by atoms with Crippen LogP contribution in [0.4, 0.5) is 5.82 Å². The van der Waals surface area contributed by atoms with Gasteiger partial charge in [-0.2, -0.15) is 0 Å². The van der Waals surface area contributed by atoms with Gasteiger partial charge in [-0.25, -0.2) is 4.98 Å². The van der Waals surface area contributed by atoms with Crippen LogP contribution >= 0.6 is 0 Å². The lowest BCUT2D eigenvalue weighted by Crippen LogP contribution is -2.21. The van der Waals surface area contributed by atoms with Gasteiger partial charge < -0.3 is 15.3 Å². The Morgan fingerprint density at radius 2 is 1.45 bits per heavy atom. The molecule has 4 rings (SSSR count). The SMILES string of the molecule is CN(C)CCNc1nc(-c2ccccc2)c(-c2ccc(O)cc2)c2ccccc12. The number of phenols is 1. The highest BCUT2D eigenvalue weighted by Crippen LogP contribution is 2.39. The van der Waals surface area contributed by atoms with E-state index in [-0.39, 0.29) is 5.75 Å². The Kier molecular flexibility index (Phi) is 5.45. The van der Waals surface area contributed by atoms with Crippen LogP contribution in [0.2, 0.25) is 0 Å². The third kappa shape index (κ3) is 4.08. The van der Waals surface area contributed by atoms with Crippen molar-refractivity contribution in [1.29, 1.82) is 0 Å². The average molecular weight is 383 g/mol. The smallest absolute Gasteiger partial charge is 0.134 e. The Labute approximate surface area is 171 Å². The number of anilines is 1. The van der Waals surface area contributed by atoms with Gasteiger partial charge in [0.2, 0.25) is 0 Å². The van der Waals surface area contributed by atoms with Gasteiger partial charge in [-0.3, -0.25) is 0 Å². The summed E-state index contributed by atoms with van der Waals surface area (Å²) in [6.07, 6.45) is 0. The van der Waals surface area contributed by atoms with Crippen molar-refractivity contribution in [2.45, 2.75) is 0 Å². The van der Waals surface area contributed by atoms with Gasteiger partial charge in [0.15, 0.2) is 0 Å². The fourth-order valence-electron chi connectivity index (χ4n) is 3.52. The van der Waals surface area contributed by atoms with Crippen molar-refractivity contribution in [2.75, 3.05) is 32.5 Å². The van der Waals surface area contributed by atoms with Gasteiger partial charge in [0, 0.05) is 29.6 Å². The number of nitrogens with one attached hydrogen (secondary N) is 1. The van der Waals surface area contributed by atoms with Crippen LogP contribution in [-0.2, 0) is 0 Å². The number of aromatic nitrogens is 1. The molecule has 0 aliphatic carbocycles. The van der Waals surface area contributed by atoms with E-state index in [0.717, 1.165) is 52.1 Å². The summed E-state index contributed by atoms with van der Waals surface area (Å²) in [5, 5.41) is 15.5. The van der Waals surface area contributed by atoms with E-state index in [1.807, 2.05) is 36.4 Å². The van der Waals surface area contributed by atoms with E-state index in [4.69, 9.17) is 4.98 Å². The molecule has 0 saturated heterocycles. The molecule has 0 aliphatic rings. The molecule has 146 valence electrons. The van der Waals surface area contributed by atoms with Crippen LogP contribution in [0.15, 0.2) is 78.9 Å². The highest BCUT2D eigenvalue weighted by Gasteiger charge is 2.17. The zero-order valence-electron chi connectivity index (χ0n) is 16.8. The molecule has 0 radical (unpaired) electrons. The molecular weight excluding hydrogens is 358 g/mol. The van der Waals surface area contributed by atoms with E-state index in [9.17, 15) is 5.11 Å². The molecule has 1 heterocycles. The number of nitrogens with zero attached hydrogens (tertiary/aromatic N) is 2. The lowest BCUT2D eigenvalue weighted by Gasteiger charge is -2.18. The molecule has 0 amide bonds. The van der Waals surface area contributed by atoms with Crippen molar-refractivity contribution in [2.24, 2.45) is 0 Å². The summed E-state index contributed by atoms with van der Waals surface area (Å²) >= 11 is 0. The van der Waals surface area contributed by atoms with Crippen LogP contribution in [0.1, 0.15) is 0 Å². The molecule has 4 heteroatoms. The molecule has 4 aromatic rings. The molecule has 0 saturated carbocycles. The minimum absolute atomic E-state index is 0.259. The zero-order chi connectivity index (χ0) is 20.2. The van der Waals surface area contributed by atoms with E-state index >= 15 is 0 Å². The summed E-state index contributed by atoms with van der Waals surface area (Å²) in [7, 11) is 4.13. The van der Waals surface area contributed by atoms with Crippen molar-refractivity contribution in [3.63, 3.8) is 0 Å². The largest absolute Gasteiger partial charge is 0.508 e. The first-order chi connectivity index (χ1) is 14.1. The number of fused-ring (bicyclic) bond motifs is 1. The van der Waals surface area contributed by atoms with Crippen LogP contribution in [0.25, 0.3) is 33.2 Å². The summed E-state index contributed by atoms with van der Waals surface area (Å²) in [6, 6.07) is 26.0. The van der Waals surface area contributed by atoms with Crippen molar-refractivity contribution in [1.82, 2.24) is 9.88 Å². The van der Waals surface area contributed by atoms with E-state index < -0.39 is 0 Å².